The van der Waals surface area contributed by atoms with Gasteiger partial charge in [-0.2, -0.15) is 0 Å². The number of morpholine rings is 1. The van der Waals surface area contributed by atoms with E-state index < -0.39 is 0 Å². The SMILES string of the molecule is COc1cc(CN2CC(C)OC(C)C2)ccc1CN. The van der Waals surface area contributed by atoms with Crippen molar-refractivity contribution in [3.05, 3.63) is 29.3 Å². The quantitative estimate of drug-likeness (QED) is 0.900. The Bertz CT molecular complexity index is 413. The summed E-state index contributed by atoms with van der Waals surface area (Å²) in [6.45, 7) is 7.65. The van der Waals surface area contributed by atoms with E-state index in [1.54, 1.807) is 7.11 Å². The minimum Gasteiger partial charge on any atom is -0.496 e. The van der Waals surface area contributed by atoms with Crippen molar-refractivity contribution >= 4 is 0 Å². The molecule has 2 unspecified atom stereocenters. The predicted octanol–water partition coefficient (Wildman–Crippen LogP) is 1.76. The third kappa shape index (κ3) is 3.69. The highest BCUT2D eigenvalue weighted by molar-refractivity contribution is 5.37. The van der Waals surface area contributed by atoms with Gasteiger partial charge in [0.2, 0.25) is 0 Å². The van der Waals surface area contributed by atoms with E-state index in [0.29, 0.717) is 18.8 Å². The fourth-order valence-corrected chi connectivity index (χ4v) is 2.73. The molecule has 0 saturated carbocycles. The zero-order chi connectivity index (χ0) is 13.8. The molecule has 2 atom stereocenters. The maximum absolute atomic E-state index is 5.75. The lowest BCUT2D eigenvalue weighted by atomic mass is 10.1. The van der Waals surface area contributed by atoms with Gasteiger partial charge in [-0.1, -0.05) is 12.1 Å². The van der Waals surface area contributed by atoms with E-state index in [1.807, 2.05) is 0 Å². The van der Waals surface area contributed by atoms with Crippen molar-refractivity contribution in [1.82, 2.24) is 4.90 Å². The van der Waals surface area contributed by atoms with Crippen LogP contribution in [0.25, 0.3) is 0 Å². The van der Waals surface area contributed by atoms with Crippen LogP contribution in [0.15, 0.2) is 18.2 Å². The number of nitrogens with zero attached hydrogens (tertiary/aromatic N) is 1. The van der Waals surface area contributed by atoms with E-state index >= 15 is 0 Å². The molecule has 1 aliphatic heterocycles. The lowest BCUT2D eigenvalue weighted by molar-refractivity contribution is -0.0704. The first-order chi connectivity index (χ1) is 9.12. The van der Waals surface area contributed by atoms with Crippen LogP contribution in [0.5, 0.6) is 5.75 Å². The van der Waals surface area contributed by atoms with Crippen molar-refractivity contribution in [3.63, 3.8) is 0 Å². The molecule has 19 heavy (non-hydrogen) atoms. The van der Waals surface area contributed by atoms with E-state index in [2.05, 4.69) is 36.9 Å². The zero-order valence-electron chi connectivity index (χ0n) is 12.1. The number of rotatable bonds is 4. The van der Waals surface area contributed by atoms with Gasteiger partial charge in [0.05, 0.1) is 19.3 Å². The van der Waals surface area contributed by atoms with Gasteiger partial charge >= 0.3 is 0 Å². The lowest BCUT2D eigenvalue weighted by Gasteiger charge is -2.35. The van der Waals surface area contributed by atoms with Gasteiger partial charge in [0.1, 0.15) is 5.75 Å². The average Bonchev–Trinajstić information content (AvgIpc) is 2.37. The van der Waals surface area contributed by atoms with E-state index in [0.717, 1.165) is 30.9 Å². The van der Waals surface area contributed by atoms with Crippen molar-refractivity contribution in [1.29, 1.82) is 0 Å². The Balaban J connectivity index is 2.06. The van der Waals surface area contributed by atoms with E-state index in [1.165, 1.54) is 5.56 Å². The second kappa shape index (κ2) is 6.37. The summed E-state index contributed by atoms with van der Waals surface area (Å²) >= 11 is 0. The molecule has 0 amide bonds. The molecule has 1 aromatic rings. The Morgan fingerprint density at radius 3 is 2.58 bits per heavy atom. The molecular formula is C15H24N2O2. The van der Waals surface area contributed by atoms with Crippen LogP contribution in [0.4, 0.5) is 0 Å². The first-order valence-electron chi connectivity index (χ1n) is 6.86. The highest BCUT2D eigenvalue weighted by Gasteiger charge is 2.22. The van der Waals surface area contributed by atoms with Crippen molar-refractivity contribution < 1.29 is 9.47 Å². The Kier molecular flexibility index (Phi) is 4.80. The monoisotopic (exact) mass is 264 g/mol. The highest BCUT2D eigenvalue weighted by Crippen LogP contribution is 2.22. The fourth-order valence-electron chi connectivity index (χ4n) is 2.73. The maximum atomic E-state index is 5.75. The van der Waals surface area contributed by atoms with Gasteiger partial charge in [-0.25, -0.2) is 0 Å². The largest absolute Gasteiger partial charge is 0.496 e. The molecule has 1 saturated heterocycles. The summed E-state index contributed by atoms with van der Waals surface area (Å²) in [5, 5.41) is 0. The number of hydrogen-bond donors (Lipinski definition) is 1. The molecule has 1 aromatic carbocycles. The predicted molar refractivity (Wildman–Crippen MR) is 76.2 cm³/mol. The van der Waals surface area contributed by atoms with Crippen molar-refractivity contribution in [2.24, 2.45) is 5.73 Å². The van der Waals surface area contributed by atoms with Gasteiger partial charge in [0.15, 0.2) is 0 Å². The molecule has 0 bridgehead atoms. The minimum atomic E-state index is 0.300. The third-order valence-electron chi connectivity index (χ3n) is 3.47. The first-order valence-corrected chi connectivity index (χ1v) is 6.86. The number of methoxy groups -OCH3 is 1. The van der Waals surface area contributed by atoms with Crippen molar-refractivity contribution in [2.75, 3.05) is 20.2 Å². The van der Waals surface area contributed by atoms with Crippen molar-refractivity contribution in [2.45, 2.75) is 39.1 Å². The number of nitrogens with two attached hydrogens (primary N) is 1. The second-order valence-electron chi connectivity index (χ2n) is 5.30. The summed E-state index contributed by atoms with van der Waals surface area (Å²) < 4.78 is 11.1. The van der Waals surface area contributed by atoms with Crippen LogP contribution < -0.4 is 10.5 Å². The van der Waals surface area contributed by atoms with E-state index in [4.69, 9.17) is 15.2 Å². The molecular weight excluding hydrogens is 240 g/mol. The van der Waals surface area contributed by atoms with E-state index in [-0.39, 0.29) is 0 Å². The van der Waals surface area contributed by atoms with Gasteiger partial charge in [-0.3, -0.25) is 4.90 Å². The summed E-state index contributed by atoms with van der Waals surface area (Å²) in [4.78, 5) is 2.43. The summed E-state index contributed by atoms with van der Waals surface area (Å²) in [6, 6.07) is 6.28. The Labute approximate surface area is 115 Å². The minimum absolute atomic E-state index is 0.300. The molecule has 2 N–H and O–H groups in total. The molecule has 1 fully saturated rings. The molecule has 2 rings (SSSR count). The molecule has 106 valence electrons. The van der Waals surface area contributed by atoms with Crippen LogP contribution in [0.3, 0.4) is 0 Å². The van der Waals surface area contributed by atoms with Gasteiger partial charge in [-0.15, -0.1) is 0 Å². The molecule has 4 heteroatoms. The third-order valence-corrected chi connectivity index (χ3v) is 3.47. The first kappa shape index (κ1) is 14.3. The average molecular weight is 264 g/mol. The second-order valence-corrected chi connectivity index (χ2v) is 5.30. The Morgan fingerprint density at radius 1 is 1.32 bits per heavy atom. The van der Waals surface area contributed by atoms with E-state index in [9.17, 15) is 0 Å². The summed E-state index contributed by atoms with van der Waals surface area (Å²) in [5.41, 5.74) is 8.00. The van der Waals surface area contributed by atoms with Crippen LogP contribution >= 0.6 is 0 Å². The Hall–Kier alpha value is -1.10. The van der Waals surface area contributed by atoms with Crippen molar-refractivity contribution in [3.8, 4) is 5.75 Å². The van der Waals surface area contributed by atoms with Crippen LogP contribution in [0, 0.1) is 0 Å². The summed E-state index contributed by atoms with van der Waals surface area (Å²) in [6.07, 6.45) is 0.600. The Morgan fingerprint density at radius 2 is 2.00 bits per heavy atom. The number of hydrogen-bond acceptors (Lipinski definition) is 4. The molecule has 0 aromatic heterocycles. The maximum Gasteiger partial charge on any atom is 0.123 e. The number of benzene rings is 1. The topological polar surface area (TPSA) is 47.7 Å². The fraction of sp³-hybridized carbons (Fsp3) is 0.600. The standard InChI is InChI=1S/C15H24N2O2/c1-11-8-17(9-12(2)19-11)10-13-4-5-14(7-16)15(6-13)18-3/h4-6,11-12H,7-10,16H2,1-3H3. The summed E-state index contributed by atoms with van der Waals surface area (Å²) in [5.74, 6) is 0.884. The summed E-state index contributed by atoms with van der Waals surface area (Å²) in [7, 11) is 1.69. The zero-order valence-corrected chi connectivity index (χ0v) is 12.1. The number of ether oxygens (including phenoxy) is 2. The molecule has 0 aliphatic carbocycles. The highest BCUT2D eigenvalue weighted by atomic mass is 16.5. The molecule has 0 radical (unpaired) electrons. The van der Waals surface area contributed by atoms with Gasteiger partial charge in [-0.05, 0) is 25.5 Å². The molecule has 0 spiro atoms. The van der Waals surface area contributed by atoms with Crippen LogP contribution in [-0.2, 0) is 17.8 Å². The molecule has 1 aliphatic rings. The normalized spacial score (nSPS) is 24.4. The smallest absolute Gasteiger partial charge is 0.123 e. The van der Waals surface area contributed by atoms with Gasteiger partial charge in [0, 0.05) is 31.7 Å². The molecule has 1 heterocycles. The lowest BCUT2D eigenvalue weighted by Crippen LogP contribution is -2.44. The van der Waals surface area contributed by atoms with Gasteiger partial charge in [0.25, 0.3) is 0 Å². The van der Waals surface area contributed by atoms with Crippen LogP contribution in [-0.4, -0.2) is 37.3 Å². The van der Waals surface area contributed by atoms with Gasteiger partial charge < -0.3 is 15.2 Å². The van der Waals surface area contributed by atoms with Crippen LogP contribution in [0.1, 0.15) is 25.0 Å². The van der Waals surface area contributed by atoms with Crippen LogP contribution in [0.2, 0.25) is 0 Å². The molecule has 4 nitrogen and oxygen atoms in total.